The summed E-state index contributed by atoms with van der Waals surface area (Å²) in [6, 6.07) is 0. The molecule has 2 rings (SSSR count). The summed E-state index contributed by atoms with van der Waals surface area (Å²) in [6.07, 6.45) is -2.20. The molecular weight excluding hydrogens is 285 g/mol. The lowest BCUT2D eigenvalue weighted by atomic mass is 9.92. The molecule has 0 aromatic carbocycles. The molecule has 2 saturated heterocycles. The summed E-state index contributed by atoms with van der Waals surface area (Å²) in [4.78, 5) is 26.1. The molecule has 2 heterocycles. The number of likely N-dealkylation sites (tertiary alicyclic amines) is 2. The summed E-state index contributed by atoms with van der Waals surface area (Å²) in [5.41, 5.74) is 0. The first-order chi connectivity index (χ1) is 9.79. The average molecular weight is 306 g/mol. The van der Waals surface area contributed by atoms with Gasteiger partial charge in [-0.05, 0) is 31.6 Å². The molecule has 0 aromatic rings. The highest BCUT2D eigenvalue weighted by Gasteiger charge is 2.44. The van der Waals surface area contributed by atoms with E-state index in [1.54, 1.807) is 0 Å². The van der Waals surface area contributed by atoms with Crippen molar-refractivity contribution >= 4 is 11.8 Å². The van der Waals surface area contributed by atoms with Gasteiger partial charge in [-0.2, -0.15) is 13.2 Å². The monoisotopic (exact) mass is 306 g/mol. The Morgan fingerprint density at radius 3 is 1.86 bits per heavy atom. The Morgan fingerprint density at radius 1 is 0.905 bits per heavy atom. The number of hydrogen-bond acceptors (Lipinski definition) is 2. The fraction of sp³-hybridized carbons (Fsp3) is 0.857. The third-order valence-corrected chi connectivity index (χ3v) is 4.47. The first-order valence-electron chi connectivity index (χ1n) is 7.44. The third kappa shape index (κ3) is 3.89. The van der Waals surface area contributed by atoms with E-state index in [-0.39, 0.29) is 24.9 Å². The molecule has 120 valence electrons. The lowest BCUT2D eigenvalue weighted by molar-refractivity contribution is -0.187. The van der Waals surface area contributed by atoms with Crippen LogP contribution in [0.4, 0.5) is 13.2 Å². The van der Waals surface area contributed by atoms with Gasteiger partial charge in [0, 0.05) is 32.1 Å². The molecule has 2 fully saturated rings. The molecule has 0 aliphatic carbocycles. The van der Waals surface area contributed by atoms with Crippen molar-refractivity contribution < 1.29 is 22.8 Å². The third-order valence-electron chi connectivity index (χ3n) is 4.47. The van der Waals surface area contributed by atoms with Gasteiger partial charge in [-0.15, -0.1) is 0 Å². The van der Waals surface area contributed by atoms with E-state index < -0.39 is 12.1 Å². The van der Waals surface area contributed by atoms with Crippen LogP contribution in [0.25, 0.3) is 0 Å². The minimum Gasteiger partial charge on any atom is -0.342 e. The van der Waals surface area contributed by atoms with E-state index in [4.69, 9.17) is 0 Å². The molecule has 0 bridgehead atoms. The van der Waals surface area contributed by atoms with E-state index in [0.29, 0.717) is 18.8 Å². The number of carbonyl (C=O) groups excluding carboxylic acids is 2. The van der Waals surface area contributed by atoms with Crippen molar-refractivity contribution in [2.24, 2.45) is 11.8 Å². The molecular formula is C14H21F3N2O2. The van der Waals surface area contributed by atoms with Crippen LogP contribution in [-0.4, -0.2) is 54.0 Å². The van der Waals surface area contributed by atoms with Crippen molar-refractivity contribution in [3.63, 3.8) is 0 Å². The summed E-state index contributed by atoms with van der Waals surface area (Å²) in [5.74, 6) is -1.36. The number of amides is 2. The second kappa shape index (κ2) is 6.23. The van der Waals surface area contributed by atoms with Crippen LogP contribution in [-0.2, 0) is 9.59 Å². The molecule has 0 N–H and O–H groups in total. The van der Waals surface area contributed by atoms with Crippen LogP contribution in [0.1, 0.15) is 32.6 Å². The quantitative estimate of drug-likeness (QED) is 0.744. The Morgan fingerprint density at radius 2 is 1.38 bits per heavy atom. The molecule has 2 aliphatic heterocycles. The van der Waals surface area contributed by atoms with Gasteiger partial charge in [0.05, 0.1) is 0 Å². The molecule has 2 amide bonds. The zero-order valence-corrected chi connectivity index (χ0v) is 12.2. The molecule has 4 nitrogen and oxygen atoms in total. The number of rotatable bonds is 1. The molecule has 21 heavy (non-hydrogen) atoms. The molecule has 0 radical (unpaired) electrons. The lowest BCUT2D eigenvalue weighted by Gasteiger charge is -2.36. The van der Waals surface area contributed by atoms with Gasteiger partial charge in [-0.1, -0.05) is 6.92 Å². The maximum atomic E-state index is 12.4. The van der Waals surface area contributed by atoms with Gasteiger partial charge in [0.15, 0.2) is 0 Å². The van der Waals surface area contributed by atoms with Gasteiger partial charge in [-0.25, -0.2) is 0 Å². The zero-order valence-electron chi connectivity index (χ0n) is 12.2. The van der Waals surface area contributed by atoms with Crippen LogP contribution in [0.5, 0.6) is 0 Å². The van der Waals surface area contributed by atoms with Crippen molar-refractivity contribution in [1.29, 1.82) is 0 Å². The number of piperidine rings is 2. The average Bonchev–Trinajstić information content (AvgIpc) is 2.46. The molecule has 2 aliphatic rings. The van der Waals surface area contributed by atoms with Crippen molar-refractivity contribution in [3.05, 3.63) is 0 Å². The molecule has 0 atom stereocenters. The van der Waals surface area contributed by atoms with Gasteiger partial charge in [-0.3, -0.25) is 9.59 Å². The topological polar surface area (TPSA) is 40.6 Å². The predicted molar refractivity (Wildman–Crippen MR) is 70.3 cm³/mol. The Kier molecular flexibility index (Phi) is 4.78. The first kappa shape index (κ1) is 16.1. The van der Waals surface area contributed by atoms with Crippen LogP contribution >= 0.6 is 0 Å². The lowest BCUT2D eigenvalue weighted by Crippen LogP contribution is -2.49. The predicted octanol–water partition coefficient (Wildman–Crippen LogP) is 2.05. The van der Waals surface area contributed by atoms with Gasteiger partial charge in [0.25, 0.3) is 0 Å². The zero-order chi connectivity index (χ0) is 15.6. The van der Waals surface area contributed by atoms with E-state index in [2.05, 4.69) is 6.92 Å². The van der Waals surface area contributed by atoms with Gasteiger partial charge < -0.3 is 9.80 Å². The second-order valence-corrected chi connectivity index (χ2v) is 6.07. The number of nitrogens with zero attached hydrogens (tertiary/aromatic N) is 2. The van der Waals surface area contributed by atoms with Crippen molar-refractivity contribution in [2.75, 3.05) is 26.2 Å². The summed E-state index contributed by atoms with van der Waals surface area (Å²) in [7, 11) is 0. The SMILES string of the molecule is CC1CCN(C(=O)C2CCN(C(=O)C(F)(F)F)CC2)CC1. The largest absolute Gasteiger partial charge is 0.471 e. The smallest absolute Gasteiger partial charge is 0.342 e. The minimum atomic E-state index is -4.82. The number of carbonyl (C=O) groups is 2. The maximum Gasteiger partial charge on any atom is 0.471 e. The fourth-order valence-corrected chi connectivity index (χ4v) is 3.00. The van der Waals surface area contributed by atoms with Crippen LogP contribution in [0.15, 0.2) is 0 Å². The summed E-state index contributed by atoms with van der Waals surface area (Å²) >= 11 is 0. The van der Waals surface area contributed by atoms with Gasteiger partial charge in [0.2, 0.25) is 5.91 Å². The Labute approximate surface area is 122 Å². The van der Waals surface area contributed by atoms with Gasteiger partial charge >= 0.3 is 12.1 Å². The molecule has 0 unspecified atom stereocenters. The van der Waals surface area contributed by atoms with Crippen LogP contribution < -0.4 is 0 Å². The highest BCUT2D eigenvalue weighted by molar-refractivity contribution is 5.83. The van der Waals surface area contributed by atoms with E-state index >= 15 is 0 Å². The molecule has 0 saturated carbocycles. The summed E-state index contributed by atoms with van der Waals surface area (Å²) in [5, 5.41) is 0. The van der Waals surface area contributed by atoms with E-state index in [0.717, 1.165) is 30.8 Å². The minimum absolute atomic E-state index is 0.0129. The highest BCUT2D eigenvalue weighted by atomic mass is 19.4. The summed E-state index contributed by atoms with van der Waals surface area (Å²) in [6.45, 7) is 3.66. The van der Waals surface area contributed by atoms with Crippen molar-refractivity contribution in [2.45, 2.75) is 38.8 Å². The fourth-order valence-electron chi connectivity index (χ4n) is 3.00. The normalized spacial score (nSPS) is 22.5. The van der Waals surface area contributed by atoms with Crippen LogP contribution in [0, 0.1) is 11.8 Å². The summed E-state index contributed by atoms with van der Waals surface area (Å²) < 4.78 is 37.1. The standard InChI is InChI=1S/C14H21F3N2O2/c1-10-2-6-18(7-3-10)12(20)11-4-8-19(9-5-11)13(21)14(15,16)17/h10-11H,2-9H2,1H3. The van der Waals surface area contributed by atoms with Crippen molar-refractivity contribution in [1.82, 2.24) is 9.80 Å². The number of alkyl halides is 3. The molecule has 0 aromatic heterocycles. The Bertz CT molecular complexity index is 396. The second-order valence-electron chi connectivity index (χ2n) is 6.07. The first-order valence-corrected chi connectivity index (χ1v) is 7.44. The molecule has 0 spiro atoms. The van der Waals surface area contributed by atoms with Crippen molar-refractivity contribution in [3.8, 4) is 0 Å². The molecule has 7 heteroatoms. The van der Waals surface area contributed by atoms with Gasteiger partial charge in [0.1, 0.15) is 0 Å². The number of hydrogen-bond donors (Lipinski definition) is 0. The van der Waals surface area contributed by atoms with E-state index in [1.165, 1.54) is 0 Å². The van der Waals surface area contributed by atoms with Crippen LogP contribution in [0.2, 0.25) is 0 Å². The maximum absolute atomic E-state index is 12.4. The Hall–Kier alpha value is -1.27. The number of halogens is 3. The Balaban J connectivity index is 1.83. The highest BCUT2D eigenvalue weighted by Crippen LogP contribution is 2.26. The van der Waals surface area contributed by atoms with Crippen LogP contribution in [0.3, 0.4) is 0 Å². The van der Waals surface area contributed by atoms with E-state index in [1.807, 2.05) is 4.90 Å². The van der Waals surface area contributed by atoms with E-state index in [9.17, 15) is 22.8 Å².